The Balaban J connectivity index is 2.12. The summed E-state index contributed by atoms with van der Waals surface area (Å²) in [4.78, 5) is 19.8. The highest BCUT2D eigenvalue weighted by atomic mass is 32.1. The molecule has 2 N–H and O–H groups in total. The molecule has 106 valence electrons. The molecule has 2 heterocycles. The number of carbonyl (C=O) groups excluding carboxylic acids is 1. The number of nitrogens with zero attached hydrogens (tertiary/aromatic N) is 2. The number of carbonyl (C=O) groups is 1. The summed E-state index contributed by atoms with van der Waals surface area (Å²) in [5, 5.41) is 1.07. The van der Waals surface area contributed by atoms with E-state index in [1.807, 2.05) is 11.8 Å². The molecular weight excluding hydrogens is 258 g/mol. The SMILES string of the molecule is CCCc1nc(C)c(C(=O)N2CCC(C)(CN)C2)s1. The van der Waals surface area contributed by atoms with Crippen LogP contribution < -0.4 is 5.73 Å². The van der Waals surface area contributed by atoms with Crippen LogP contribution in [0.1, 0.15) is 47.1 Å². The molecule has 0 radical (unpaired) electrons. The number of thiazole rings is 1. The number of aromatic nitrogens is 1. The van der Waals surface area contributed by atoms with Gasteiger partial charge in [-0.2, -0.15) is 0 Å². The van der Waals surface area contributed by atoms with Gasteiger partial charge < -0.3 is 10.6 Å². The lowest BCUT2D eigenvalue weighted by Crippen LogP contribution is -2.34. The van der Waals surface area contributed by atoms with Crippen molar-refractivity contribution in [3.05, 3.63) is 15.6 Å². The highest BCUT2D eigenvalue weighted by Gasteiger charge is 2.36. The molecule has 1 saturated heterocycles. The molecule has 0 saturated carbocycles. The van der Waals surface area contributed by atoms with Gasteiger partial charge in [0.05, 0.1) is 10.7 Å². The van der Waals surface area contributed by atoms with Gasteiger partial charge in [0.25, 0.3) is 5.91 Å². The van der Waals surface area contributed by atoms with E-state index in [1.54, 1.807) is 11.3 Å². The van der Waals surface area contributed by atoms with Crippen molar-refractivity contribution in [1.29, 1.82) is 0 Å². The molecule has 0 spiro atoms. The topological polar surface area (TPSA) is 59.2 Å². The Labute approximate surface area is 119 Å². The molecule has 0 aliphatic carbocycles. The normalized spacial score (nSPS) is 23.1. The third-order valence-electron chi connectivity index (χ3n) is 3.84. The van der Waals surface area contributed by atoms with Crippen LogP contribution in [0.15, 0.2) is 0 Å². The third kappa shape index (κ3) is 2.98. The van der Waals surface area contributed by atoms with Gasteiger partial charge in [-0.3, -0.25) is 4.79 Å². The molecular formula is C14H23N3OS. The molecule has 1 amide bonds. The van der Waals surface area contributed by atoms with Crippen molar-refractivity contribution in [1.82, 2.24) is 9.88 Å². The van der Waals surface area contributed by atoms with Crippen LogP contribution in [0.3, 0.4) is 0 Å². The number of nitrogens with two attached hydrogens (primary N) is 1. The van der Waals surface area contributed by atoms with Crippen molar-refractivity contribution in [3.63, 3.8) is 0 Å². The summed E-state index contributed by atoms with van der Waals surface area (Å²) in [6, 6.07) is 0. The Hall–Kier alpha value is -0.940. The van der Waals surface area contributed by atoms with Crippen molar-refractivity contribution in [3.8, 4) is 0 Å². The maximum atomic E-state index is 12.5. The Morgan fingerprint density at radius 3 is 2.89 bits per heavy atom. The first-order chi connectivity index (χ1) is 8.99. The molecule has 2 rings (SSSR count). The van der Waals surface area contributed by atoms with Gasteiger partial charge in [0.2, 0.25) is 0 Å². The zero-order valence-electron chi connectivity index (χ0n) is 12.0. The maximum Gasteiger partial charge on any atom is 0.265 e. The van der Waals surface area contributed by atoms with Crippen molar-refractivity contribution in [2.45, 2.75) is 40.0 Å². The minimum atomic E-state index is 0.0838. The minimum absolute atomic E-state index is 0.0838. The van der Waals surface area contributed by atoms with E-state index < -0.39 is 0 Å². The predicted molar refractivity (Wildman–Crippen MR) is 78.5 cm³/mol. The molecule has 1 aliphatic rings. The molecule has 4 nitrogen and oxygen atoms in total. The van der Waals surface area contributed by atoms with Crippen LogP contribution in [-0.2, 0) is 6.42 Å². The van der Waals surface area contributed by atoms with Crippen LogP contribution >= 0.6 is 11.3 Å². The predicted octanol–water partition coefficient (Wildman–Crippen LogP) is 2.21. The Morgan fingerprint density at radius 1 is 1.58 bits per heavy atom. The van der Waals surface area contributed by atoms with Crippen LogP contribution in [0.4, 0.5) is 0 Å². The minimum Gasteiger partial charge on any atom is -0.337 e. The van der Waals surface area contributed by atoms with Gasteiger partial charge >= 0.3 is 0 Å². The van der Waals surface area contributed by atoms with E-state index in [4.69, 9.17) is 5.73 Å². The molecule has 1 atom stereocenters. The molecule has 1 fully saturated rings. The van der Waals surface area contributed by atoms with Crippen LogP contribution in [0, 0.1) is 12.3 Å². The van der Waals surface area contributed by atoms with E-state index in [-0.39, 0.29) is 11.3 Å². The van der Waals surface area contributed by atoms with Crippen LogP contribution in [0.2, 0.25) is 0 Å². The molecule has 0 aromatic carbocycles. The summed E-state index contributed by atoms with van der Waals surface area (Å²) in [5.74, 6) is 0.134. The second-order valence-corrected chi connectivity index (χ2v) is 6.85. The fourth-order valence-electron chi connectivity index (χ4n) is 2.48. The molecule has 1 aromatic rings. The van der Waals surface area contributed by atoms with Crippen LogP contribution in [-0.4, -0.2) is 35.4 Å². The molecule has 19 heavy (non-hydrogen) atoms. The van der Waals surface area contributed by atoms with E-state index in [9.17, 15) is 4.79 Å². The van der Waals surface area contributed by atoms with E-state index in [0.717, 1.165) is 47.9 Å². The lowest BCUT2D eigenvalue weighted by atomic mass is 9.90. The number of hydrogen-bond donors (Lipinski definition) is 1. The van der Waals surface area contributed by atoms with Crippen molar-refractivity contribution >= 4 is 17.2 Å². The molecule has 1 aromatic heterocycles. The largest absolute Gasteiger partial charge is 0.337 e. The fraction of sp³-hybridized carbons (Fsp3) is 0.714. The van der Waals surface area contributed by atoms with Crippen LogP contribution in [0.5, 0.6) is 0 Å². The molecule has 1 unspecified atom stereocenters. The average Bonchev–Trinajstić information content (AvgIpc) is 2.94. The number of likely N-dealkylation sites (tertiary alicyclic amines) is 1. The van der Waals surface area contributed by atoms with E-state index in [0.29, 0.717) is 6.54 Å². The number of hydrogen-bond acceptors (Lipinski definition) is 4. The zero-order chi connectivity index (χ0) is 14.0. The highest BCUT2D eigenvalue weighted by molar-refractivity contribution is 7.13. The summed E-state index contributed by atoms with van der Waals surface area (Å²) in [6.07, 6.45) is 3.02. The average molecular weight is 281 g/mol. The van der Waals surface area contributed by atoms with E-state index >= 15 is 0 Å². The first-order valence-corrected chi connectivity index (χ1v) is 7.76. The quantitative estimate of drug-likeness (QED) is 0.920. The third-order valence-corrected chi connectivity index (χ3v) is 5.04. The number of rotatable bonds is 4. The number of amides is 1. The number of aryl methyl sites for hydroxylation is 2. The summed E-state index contributed by atoms with van der Waals surface area (Å²) in [5.41, 5.74) is 6.75. The Kier molecular flexibility index (Phi) is 4.26. The zero-order valence-corrected chi connectivity index (χ0v) is 12.8. The molecule has 1 aliphatic heterocycles. The first kappa shape index (κ1) is 14.5. The summed E-state index contributed by atoms with van der Waals surface area (Å²) in [7, 11) is 0. The van der Waals surface area contributed by atoms with Crippen molar-refractivity contribution in [2.24, 2.45) is 11.1 Å². The van der Waals surface area contributed by atoms with Gasteiger partial charge in [-0.05, 0) is 38.1 Å². The lowest BCUT2D eigenvalue weighted by molar-refractivity contribution is 0.0780. The second-order valence-electron chi connectivity index (χ2n) is 5.76. The molecule has 5 heteroatoms. The van der Waals surface area contributed by atoms with Gasteiger partial charge in [0, 0.05) is 13.1 Å². The Bertz CT molecular complexity index is 471. The monoisotopic (exact) mass is 281 g/mol. The van der Waals surface area contributed by atoms with Crippen molar-refractivity contribution in [2.75, 3.05) is 19.6 Å². The van der Waals surface area contributed by atoms with Gasteiger partial charge in [-0.25, -0.2) is 4.98 Å². The second kappa shape index (κ2) is 5.59. The van der Waals surface area contributed by atoms with Gasteiger partial charge in [0.15, 0.2) is 0 Å². The fourth-order valence-corrected chi connectivity index (χ4v) is 3.61. The van der Waals surface area contributed by atoms with Crippen LogP contribution in [0.25, 0.3) is 0 Å². The molecule has 0 bridgehead atoms. The van der Waals surface area contributed by atoms with Gasteiger partial charge in [-0.15, -0.1) is 11.3 Å². The standard InChI is InChI=1S/C14H23N3OS/c1-4-5-11-16-10(2)12(19-11)13(18)17-7-6-14(3,8-15)9-17/h4-9,15H2,1-3H3. The summed E-state index contributed by atoms with van der Waals surface area (Å²) >= 11 is 1.55. The maximum absolute atomic E-state index is 12.5. The van der Waals surface area contributed by atoms with E-state index in [1.165, 1.54) is 0 Å². The Morgan fingerprint density at radius 2 is 2.32 bits per heavy atom. The highest BCUT2D eigenvalue weighted by Crippen LogP contribution is 2.31. The summed E-state index contributed by atoms with van der Waals surface area (Å²) in [6.45, 7) is 8.43. The van der Waals surface area contributed by atoms with Gasteiger partial charge in [-0.1, -0.05) is 13.8 Å². The first-order valence-electron chi connectivity index (χ1n) is 6.95. The smallest absolute Gasteiger partial charge is 0.265 e. The summed E-state index contributed by atoms with van der Waals surface area (Å²) < 4.78 is 0. The van der Waals surface area contributed by atoms with Gasteiger partial charge in [0.1, 0.15) is 4.88 Å². The van der Waals surface area contributed by atoms with E-state index in [2.05, 4.69) is 18.8 Å². The lowest BCUT2D eigenvalue weighted by Gasteiger charge is -2.22. The van der Waals surface area contributed by atoms with Crippen molar-refractivity contribution < 1.29 is 4.79 Å².